The number of hydrogen-bond acceptors (Lipinski definition) is 12. The molecule has 17 nitrogen and oxygen atoms in total. The fourth-order valence-electron chi connectivity index (χ4n) is 5.14. The highest BCUT2D eigenvalue weighted by Crippen LogP contribution is 2.25. The van der Waals surface area contributed by atoms with E-state index in [0.29, 0.717) is 29.2 Å². The molecular formula is C29H40N6O11. The third kappa shape index (κ3) is 9.69. The van der Waals surface area contributed by atoms with Gasteiger partial charge in [-0.15, -0.1) is 0 Å². The van der Waals surface area contributed by atoms with E-state index in [0.717, 1.165) is 5.01 Å². The van der Waals surface area contributed by atoms with Crippen molar-refractivity contribution in [2.75, 3.05) is 32.8 Å². The Bertz CT molecular complexity index is 1300. The average Bonchev–Trinajstić information content (AvgIpc) is 3.52. The number of aliphatic imine (C=N–C) groups is 1. The van der Waals surface area contributed by atoms with Crippen molar-refractivity contribution in [1.29, 1.82) is 0 Å². The molecule has 4 amide bonds. The molecule has 46 heavy (non-hydrogen) atoms. The number of hydrogen-bond donors (Lipinski definition) is 7. The number of carboxylic acid groups (broad SMARTS) is 1. The van der Waals surface area contributed by atoms with Crippen molar-refractivity contribution >= 4 is 41.8 Å². The van der Waals surface area contributed by atoms with Gasteiger partial charge in [-0.1, -0.05) is 12.1 Å². The number of aromatic hydroxyl groups is 1. The largest absolute Gasteiger partial charge is 0.507 e. The minimum atomic E-state index is -1.41. The number of carboxylic acids is 1. The van der Waals surface area contributed by atoms with E-state index in [2.05, 4.69) is 21.1 Å². The Kier molecular flexibility index (Phi) is 13.4. The lowest BCUT2D eigenvalue weighted by Gasteiger charge is -2.37. The number of nitrogens with one attached hydrogen (secondary N) is 3. The smallest absolute Gasteiger partial charge is 0.305 e. The molecule has 0 saturated carbocycles. The molecule has 0 spiro atoms. The van der Waals surface area contributed by atoms with Crippen molar-refractivity contribution < 1.29 is 54.0 Å². The standard InChI is InChI=1S/C29H40N6O11/c1-17-5-2-8-22(38)25(17)28-33-20(15-46-28)26(42)32-19(14-36)23(39)13-18(6-4-12-34(45)16-37)29(44)35-21(7-3-10-31-35)27(43)30-11-9-24(40)41/h2,5,8,16,18-21,31,36,38,45H,3-4,6-7,9-15H2,1H3,(H,30,43)(H,32,42)(H,40,41)/t18-,19-,20-,21+/m0/s1. The maximum atomic E-state index is 13.7. The van der Waals surface area contributed by atoms with Crippen LogP contribution in [-0.2, 0) is 33.5 Å². The first-order valence-corrected chi connectivity index (χ1v) is 14.9. The number of aryl methyl sites for hydroxylation is 1. The zero-order valence-electron chi connectivity index (χ0n) is 25.4. The van der Waals surface area contributed by atoms with Crippen LogP contribution in [0, 0.1) is 12.8 Å². The Hall–Kier alpha value is -4.61. The lowest BCUT2D eigenvalue weighted by Crippen LogP contribution is -2.60. The van der Waals surface area contributed by atoms with Crippen molar-refractivity contribution in [3.63, 3.8) is 0 Å². The van der Waals surface area contributed by atoms with Gasteiger partial charge in [-0.05, 0) is 44.2 Å². The van der Waals surface area contributed by atoms with Gasteiger partial charge in [-0.2, -0.15) is 0 Å². The lowest BCUT2D eigenvalue weighted by molar-refractivity contribution is -0.153. The highest BCUT2D eigenvalue weighted by Gasteiger charge is 2.38. The molecule has 1 aromatic carbocycles. The van der Waals surface area contributed by atoms with Gasteiger partial charge in [0.25, 0.3) is 0 Å². The number of ketones is 1. The number of aliphatic hydroxyl groups excluding tert-OH is 1. The Morgan fingerprint density at radius 3 is 2.67 bits per heavy atom. The summed E-state index contributed by atoms with van der Waals surface area (Å²) in [6.07, 6.45) is 0.320. The van der Waals surface area contributed by atoms with Crippen LogP contribution in [0.4, 0.5) is 0 Å². The number of nitrogens with zero attached hydrogens (tertiary/aromatic N) is 3. The van der Waals surface area contributed by atoms with E-state index in [9.17, 15) is 44.2 Å². The zero-order valence-corrected chi connectivity index (χ0v) is 25.4. The summed E-state index contributed by atoms with van der Waals surface area (Å²) < 4.78 is 5.53. The van der Waals surface area contributed by atoms with Crippen molar-refractivity contribution in [1.82, 2.24) is 26.1 Å². The molecule has 0 bridgehead atoms. The molecule has 252 valence electrons. The van der Waals surface area contributed by atoms with Gasteiger partial charge in [0, 0.05) is 32.0 Å². The summed E-state index contributed by atoms with van der Waals surface area (Å²) >= 11 is 0. The average molecular weight is 649 g/mol. The van der Waals surface area contributed by atoms with Gasteiger partial charge in [0.1, 0.15) is 24.4 Å². The summed E-state index contributed by atoms with van der Waals surface area (Å²) in [5.41, 5.74) is 3.86. The molecule has 1 fully saturated rings. The molecule has 4 atom stereocenters. The Morgan fingerprint density at radius 2 is 2.00 bits per heavy atom. The van der Waals surface area contributed by atoms with Gasteiger partial charge in [0.05, 0.1) is 18.6 Å². The Morgan fingerprint density at radius 1 is 1.24 bits per heavy atom. The number of phenols is 1. The normalized spacial score (nSPS) is 18.8. The number of amides is 4. The molecule has 17 heteroatoms. The number of benzene rings is 1. The first-order valence-electron chi connectivity index (χ1n) is 14.9. The van der Waals surface area contributed by atoms with Crippen LogP contribution in [0.25, 0.3) is 0 Å². The van der Waals surface area contributed by atoms with Crippen molar-refractivity contribution in [3.8, 4) is 5.75 Å². The third-order valence-electron chi connectivity index (χ3n) is 7.59. The number of carbonyl (C=O) groups is 6. The Balaban J connectivity index is 1.72. The predicted octanol–water partition coefficient (Wildman–Crippen LogP) is -1.39. The van der Waals surface area contributed by atoms with E-state index < -0.39 is 66.5 Å². The third-order valence-corrected chi connectivity index (χ3v) is 7.59. The van der Waals surface area contributed by atoms with Crippen molar-refractivity contribution in [2.45, 2.75) is 63.6 Å². The second-order valence-electron chi connectivity index (χ2n) is 11.0. The van der Waals surface area contributed by atoms with Crippen molar-refractivity contribution in [2.24, 2.45) is 10.9 Å². The van der Waals surface area contributed by atoms with Gasteiger partial charge < -0.3 is 30.7 Å². The molecule has 2 heterocycles. The molecule has 0 radical (unpaired) electrons. The topological polar surface area (TPSA) is 247 Å². The van der Waals surface area contributed by atoms with Gasteiger partial charge in [0.2, 0.25) is 30.0 Å². The zero-order chi connectivity index (χ0) is 33.8. The van der Waals surface area contributed by atoms with E-state index in [1.54, 1.807) is 19.1 Å². The summed E-state index contributed by atoms with van der Waals surface area (Å²) in [5, 5.41) is 45.0. The molecule has 0 aromatic heterocycles. The van der Waals surface area contributed by atoms with Crippen LogP contribution in [0.2, 0.25) is 0 Å². The van der Waals surface area contributed by atoms with Gasteiger partial charge in [0.15, 0.2) is 11.8 Å². The molecule has 3 rings (SSSR count). The number of ether oxygens (including phenoxy) is 1. The second kappa shape index (κ2) is 17.2. The maximum absolute atomic E-state index is 13.7. The molecule has 1 saturated heterocycles. The Labute approximate surface area is 264 Å². The monoisotopic (exact) mass is 648 g/mol. The first-order chi connectivity index (χ1) is 22.0. The number of phenolic OH excluding ortho intramolecular Hbond substituents is 1. The molecule has 0 unspecified atom stereocenters. The van der Waals surface area contributed by atoms with Crippen LogP contribution in [0.15, 0.2) is 23.2 Å². The van der Waals surface area contributed by atoms with E-state index in [1.165, 1.54) is 6.07 Å². The molecule has 2 aliphatic rings. The van der Waals surface area contributed by atoms with Crippen LogP contribution in [-0.4, -0.2) is 123 Å². The number of carbonyl (C=O) groups excluding carboxylic acids is 5. The van der Waals surface area contributed by atoms with Gasteiger partial charge >= 0.3 is 5.97 Å². The van der Waals surface area contributed by atoms with E-state index in [4.69, 9.17) is 9.84 Å². The van der Waals surface area contributed by atoms with E-state index >= 15 is 0 Å². The quantitative estimate of drug-likeness (QED) is 0.0586. The van der Waals surface area contributed by atoms with Gasteiger partial charge in [-0.3, -0.25) is 39.0 Å². The maximum Gasteiger partial charge on any atom is 0.305 e. The number of aliphatic hydroxyl groups is 1. The minimum absolute atomic E-state index is 0.00284. The van der Waals surface area contributed by atoms with E-state index in [1.807, 2.05) is 0 Å². The number of aliphatic carboxylic acids is 1. The number of Topliss-reactive ketones (excluding diaryl/α,β-unsaturated/α-hetero) is 1. The number of rotatable bonds is 17. The lowest BCUT2D eigenvalue weighted by atomic mass is 9.92. The molecule has 1 aromatic rings. The highest BCUT2D eigenvalue weighted by molar-refractivity contribution is 6.02. The SMILES string of the molecule is Cc1cccc(O)c1C1=N[C@H](C(=O)N[C@@H](CO)C(=O)C[C@H](CCCN(O)C=O)C(=O)N2NCCC[C@@H]2C(=O)NCCC(=O)O)CO1. The van der Waals surface area contributed by atoms with Crippen LogP contribution in [0.5, 0.6) is 5.75 Å². The molecule has 7 N–H and O–H groups in total. The molecule has 0 aliphatic carbocycles. The van der Waals surface area contributed by atoms with Gasteiger partial charge in [-0.25, -0.2) is 15.5 Å². The van der Waals surface area contributed by atoms with Crippen LogP contribution in [0.1, 0.15) is 49.7 Å². The van der Waals surface area contributed by atoms with E-state index in [-0.39, 0.29) is 63.4 Å². The summed E-state index contributed by atoms with van der Waals surface area (Å²) in [5.74, 6) is -4.85. The summed E-state index contributed by atoms with van der Waals surface area (Å²) in [6, 6.07) is 1.34. The highest BCUT2D eigenvalue weighted by atomic mass is 16.5. The summed E-state index contributed by atoms with van der Waals surface area (Å²) in [6.45, 7) is 0.827. The minimum Gasteiger partial charge on any atom is -0.507 e. The predicted molar refractivity (Wildman–Crippen MR) is 158 cm³/mol. The number of hydroxylamine groups is 2. The molecular weight excluding hydrogens is 608 g/mol. The van der Waals surface area contributed by atoms with Crippen LogP contribution in [0.3, 0.4) is 0 Å². The van der Waals surface area contributed by atoms with Crippen LogP contribution >= 0.6 is 0 Å². The fourth-order valence-corrected chi connectivity index (χ4v) is 5.14. The summed E-state index contributed by atoms with van der Waals surface area (Å²) in [4.78, 5) is 78.8. The van der Waals surface area contributed by atoms with Crippen molar-refractivity contribution in [3.05, 3.63) is 29.3 Å². The van der Waals surface area contributed by atoms with Crippen LogP contribution < -0.4 is 16.1 Å². The second-order valence-corrected chi connectivity index (χ2v) is 11.0. The number of hydrazine groups is 1. The summed E-state index contributed by atoms with van der Waals surface area (Å²) in [7, 11) is 0. The fraction of sp³-hybridized carbons (Fsp3) is 0.552. The molecule has 2 aliphatic heterocycles. The first kappa shape index (κ1) is 35.9.